The van der Waals surface area contributed by atoms with Crippen LogP contribution in [0.2, 0.25) is 0 Å². The molecule has 0 atom stereocenters. The Morgan fingerprint density at radius 2 is 2.10 bits per heavy atom. The third-order valence-electron chi connectivity index (χ3n) is 2.66. The second kappa shape index (κ2) is 6.90. The van der Waals surface area contributed by atoms with Gasteiger partial charge >= 0.3 is 5.97 Å². The molecule has 0 saturated carbocycles. The van der Waals surface area contributed by atoms with Crippen LogP contribution >= 0.6 is 11.3 Å². The van der Waals surface area contributed by atoms with Gasteiger partial charge in [0.2, 0.25) is 5.06 Å². The summed E-state index contributed by atoms with van der Waals surface area (Å²) in [7, 11) is 0. The zero-order chi connectivity index (χ0) is 15.2. The Labute approximate surface area is 126 Å². The zero-order valence-corrected chi connectivity index (χ0v) is 12.5. The van der Waals surface area contributed by atoms with Crippen molar-refractivity contribution in [2.45, 2.75) is 13.8 Å². The molecule has 0 aliphatic heterocycles. The number of thiophene rings is 1. The first-order valence-corrected chi connectivity index (χ1v) is 7.14. The van der Waals surface area contributed by atoms with Crippen molar-refractivity contribution in [3.63, 3.8) is 0 Å². The molecular weight excluding hydrogens is 290 g/mol. The number of carboxylic acid groups (broad SMARTS) is 1. The summed E-state index contributed by atoms with van der Waals surface area (Å²) in [5.74, 6) is -0.405. The third-order valence-corrected chi connectivity index (χ3v) is 3.40. The van der Waals surface area contributed by atoms with Crippen LogP contribution in [0.3, 0.4) is 0 Å². The summed E-state index contributed by atoms with van der Waals surface area (Å²) >= 11 is 1.46. The van der Waals surface area contributed by atoms with Crippen LogP contribution in [0.4, 0.5) is 0 Å². The smallest absolute Gasteiger partial charge is 0.341 e. The summed E-state index contributed by atoms with van der Waals surface area (Å²) in [5, 5.41) is 15.2. The molecule has 21 heavy (non-hydrogen) atoms. The van der Waals surface area contributed by atoms with Crippen molar-refractivity contribution in [3.8, 4) is 10.8 Å². The SMILES string of the molecule is Cc1cc(C=NOc2cccs2)cc(C)c1OCC(=O)O. The van der Waals surface area contributed by atoms with Crippen molar-refractivity contribution in [1.82, 2.24) is 0 Å². The van der Waals surface area contributed by atoms with Gasteiger partial charge in [0.1, 0.15) is 5.75 Å². The van der Waals surface area contributed by atoms with Crippen LogP contribution in [0.25, 0.3) is 0 Å². The van der Waals surface area contributed by atoms with Crippen molar-refractivity contribution in [3.05, 3.63) is 46.3 Å². The van der Waals surface area contributed by atoms with Crippen LogP contribution in [-0.2, 0) is 4.79 Å². The second-order valence-corrected chi connectivity index (χ2v) is 5.33. The first kappa shape index (κ1) is 15.1. The fourth-order valence-electron chi connectivity index (χ4n) is 1.87. The molecule has 0 aliphatic carbocycles. The number of benzene rings is 1. The maximum Gasteiger partial charge on any atom is 0.341 e. The zero-order valence-electron chi connectivity index (χ0n) is 11.7. The molecule has 5 nitrogen and oxygen atoms in total. The Bertz CT molecular complexity index is 627. The van der Waals surface area contributed by atoms with E-state index in [1.165, 1.54) is 11.3 Å². The summed E-state index contributed by atoms with van der Waals surface area (Å²) in [5.41, 5.74) is 2.58. The van der Waals surface area contributed by atoms with Crippen LogP contribution in [0.1, 0.15) is 16.7 Å². The summed E-state index contributed by atoms with van der Waals surface area (Å²) in [6, 6.07) is 7.46. The average molecular weight is 305 g/mol. The maximum absolute atomic E-state index is 10.6. The quantitative estimate of drug-likeness (QED) is 0.657. The lowest BCUT2D eigenvalue weighted by molar-refractivity contribution is -0.139. The minimum Gasteiger partial charge on any atom is -0.481 e. The predicted octanol–water partition coefficient (Wildman–Crippen LogP) is 3.24. The number of aryl methyl sites for hydroxylation is 2. The number of nitrogens with zero attached hydrogens (tertiary/aromatic N) is 1. The lowest BCUT2D eigenvalue weighted by atomic mass is 10.1. The molecule has 1 heterocycles. The van der Waals surface area contributed by atoms with Crippen LogP contribution in [0.5, 0.6) is 10.8 Å². The van der Waals surface area contributed by atoms with Gasteiger partial charge in [0.25, 0.3) is 0 Å². The molecule has 1 aromatic carbocycles. The topological polar surface area (TPSA) is 68.1 Å². The van der Waals surface area contributed by atoms with Crippen molar-refractivity contribution >= 4 is 23.5 Å². The van der Waals surface area contributed by atoms with Crippen LogP contribution in [0.15, 0.2) is 34.8 Å². The van der Waals surface area contributed by atoms with E-state index in [0.29, 0.717) is 5.75 Å². The lowest BCUT2D eigenvalue weighted by Crippen LogP contribution is -2.11. The summed E-state index contributed by atoms with van der Waals surface area (Å²) in [4.78, 5) is 15.8. The Morgan fingerprint density at radius 3 is 2.67 bits per heavy atom. The van der Waals surface area contributed by atoms with Crippen molar-refractivity contribution < 1.29 is 19.5 Å². The fourth-order valence-corrected chi connectivity index (χ4v) is 2.41. The molecule has 0 saturated heterocycles. The minimum atomic E-state index is -0.996. The number of carboxylic acids is 1. The van der Waals surface area contributed by atoms with E-state index in [2.05, 4.69) is 5.16 Å². The number of hydrogen-bond donors (Lipinski definition) is 1. The predicted molar refractivity (Wildman–Crippen MR) is 81.6 cm³/mol. The highest BCUT2D eigenvalue weighted by molar-refractivity contribution is 7.11. The molecule has 0 spiro atoms. The summed E-state index contributed by atoms with van der Waals surface area (Å²) < 4.78 is 5.27. The molecule has 2 aromatic rings. The third kappa shape index (κ3) is 4.32. The molecule has 0 bridgehead atoms. The van der Waals surface area contributed by atoms with Gasteiger partial charge in [-0.2, -0.15) is 0 Å². The number of oxime groups is 1. The van der Waals surface area contributed by atoms with Gasteiger partial charge in [-0.25, -0.2) is 4.79 Å². The monoisotopic (exact) mass is 305 g/mol. The summed E-state index contributed by atoms with van der Waals surface area (Å²) in [6.07, 6.45) is 1.61. The first-order valence-electron chi connectivity index (χ1n) is 6.26. The van der Waals surface area contributed by atoms with Crippen LogP contribution in [-0.4, -0.2) is 23.9 Å². The molecule has 0 amide bonds. The number of hydrogen-bond acceptors (Lipinski definition) is 5. The highest BCUT2D eigenvalue weighted by Gasteiger charge is 2.08. The number of aliphatic carboxylic acids is 1. The van der Waals surface area contributed by atoms with Gasteiger partial charge in [0.05, 0.1) is 6.21 Å². The Kier molecular flexibility index (Phi) is 4.94. The number of rotatable bonds is 6. The standard InChI is InChI=1S/C15H15NO4S/c1-10-6-12(8-16-20-14-4-3-5-21-14)7-11(2)15(10)19-9-13(17)18/h3-8H,9H2,1-2H3,(H,17,18). The van der Waals surface area contributed by atoms with Crippen LogP contribution in [0, 0.1) is 13.8 Å². The molecule has 0 fully saturated rings. The van der Waals surface area contributed by atoms with E-state index in [1.807, 2.05) is 43.5 Å². The van der Waals surface area contributed by atoms with Crippen molar-refractivity contribution in [1.29, 1.82) is 0 Å². The second-order valence-electron chi connectivity index (χ2n) is 4.42. The Balaban J connectivity index is 2.08. The maximum atomic E-state index is 10.6. The van der Waals surface area contributed by atoms with Crippen LogP contribution < -0.4 is 9.57 Å². The van der Waals surface area contributed by atoms with E-state index >= 15 is 0 Å². The molecule has 2 rings (SSSR count). The van der Waals surface area contributed by atoms with E-state index in [9.17, 15) is 4.79 Å². The Morgan fingerprint density at radius 1 is 1.38 bits per heavy atom. The molecule has 0 radical (unpaired) electrons. The van der Waals surface area contributed by atoms with Gasteiger partial charge in [-0.3, -0.25) is 0 Å². The molecular formula is C15H15NO4S. The average Bonchev–Trinajstić information content (AvgIpc) is 2.90. The van der Waals surface area contributed by atoms with Gasteiger partial charge in [0.15, 0.2) is 6.61 Å². The van der Waals surface area contributed by atoms with E-state index in [1.54, 1.807) is 6.21 Å². The van der Waals surface area contributed by atoms with Gasteiger partial charge in [-0.05, 0) is 60.2 Å². The number of ether oxygens (including phenoxy) is 1. The summed E-state index contributed by atoms with van der Waals surface area (Å²) in [6.45, 7) is 3.37. The first-order chi connectivity index (χ1) is 10.1. The van der Waals surface area contributed by atoms with E-state index in [4.69, 9.17) is 14.7 Å². The number of carbonyl (C=O) groups is 1. The normalized spacial score (nSPS) is 10.8. The van der Waals surface area contributed by atoms with Gasteiger partial charge < -0.3 is 14.7 Å². The van der Waals surface area contributed by atoms with Gasteiger partial charge in [-0.1, -0.05) is 5.16 Å². The molecule has 0 aliphatic rings. The lowest BCUT2D eigenvalue weighted by Gasteiger charge is -2.11. The fraction of sp³-hybridized carbons (Fsp3) is 0.200. The molecule has 0 unspecified atom stereocenters. The van der Waals surface area contributed by atoms with Gasteiger partial charge in [-0.15, -0.1) is 11.3 Å². The molecule has 1 N–H and O–H groups in total. The van der Waals surface area contributed by atoms with Crippen molar-refractivity contribution in [2.75, 3.05) is 6.61 Å². The van der Waals surface area contributed by atoms with E-state index in [0.717, 1.165) is 21.8 Å². The van der Waals surface area contributed by atoms with Gasteiger partial charge in [0, 0.05) is 0 Å². The minimum absolute atomic E-state index is 0.351. The van der Waals surface area contributed by atoms with E-state index in [-0.39, 0.29) is 6.61 Å². The highest BCUT2D eigenvalue weighted by Crippen LogP contribution is 2.24. The highest BCUT2D eigenvalue weighted by atomic mass is 32.1. The largest absolute Gasteiger partial charge is 0.481 e. The molecule has 110 valence electrons. The molecule has 6 heteroatoms. The van der Waals surface area contributed by atoms with E-state index < -0.39 is 5.97 Å². The molecule has 1 aromatic heterocycles. The van der Waals surface area contributed by atoms with Crippen molar-refractivity contribution in [2.24, 2.45) is 5.16 Å². The Hall–Kier alpha value is -2.34.